The van der Waals surface area contributed by atoms with Crippen LogP contribution in [0.15, 0.2) is 24.3 Å². The second-order valence-electron chi connectivity index (χ2n) is 6.66. The first-order valence-electron chi connectivity index (χ1n) is 7.23. The van der Waals surface area contributed by atoms with E-state index >= 15 is 0 Å². The van der Waals surface area contributed by atoms with Gasteiger partial charge in [0.05, 0.1) is 16.6 Å². The van der Waals surface area contributed by atoms with Crippen molar-refractivity contribution in [2.45, 2.75) is 52.0 Å². The summed E-state index contributed by atoms with van der Waals surface area (Å²) in [6.07, 6.45) is 0. The van der Waals surface area contributed by atoms with Gasteiger partial charge in [0.15, 0.2) is 0 Å². The Morgan fingerprint density at radius 3 is 2.14 bits per heavy atom. The third-order valence-electron chi connectivity index (χ3n) is 3.59. The van der Waals surface area contributed by atoms with Gasteiger partial charge < -0.3 is 0 Å². The van der Waals surface area contributed by atoms with Crippen LogP contribution in [0.2, 0.25) is 0 Å². The molecule has 1 unspecified atom stereocenters. The zero-order chi connectivity index (χ0) is 15.6. The highest BCUT2D eigenvalue weighted by molar-refractivity contribution is 7.05. The van der Waals surface area contributed by atoms with Gasteiger partial charge in [0, 0.05) is 5.41 Å². The minimum absolute atomic E-state index is 0.0463. The zero-order valence-corrected chi connectivity index (χ0v) is 14.2. The largest absolute Gasteiger partial charge is 0.271 e. The van der Waals surface area contributed by atoms with Crippen LogP contribution in [0, 0.1) is 0 Å². The summed E-state index contributed by atoms with van der Waals surface area (Å²) in [5.41, 5.74) is 6.33. The Kier molecular flexibility index (Phi) is 4.76. The minimum atomic E-state index is -0.0690. The van der Waals surface area contributed by atoms with Crippen molar-refractivity contribution in [1.82, 2.24) is 15.0 Å². The predicted molar refractivity (Wildman–Crippen MR) is 88.3 cm³/mol. The molecule has 4 nitrogen and oxygen atoms in total. The first-order chi connectivity index (χ1) is 9.84. The van der Waals surface area contributed by atoms with Gasteiger partial charge in [-0.1, -0.05) is 63.4 Å². The van der Waals surface area contributed by atoms with E-state index in [2.05, 4.69) is 73.9 Å². The topological polar surface area (TPSA) is 63.8 Å². The van der Waals surface area contributed by atoms with E-state index in [0.29, 0.717) is 5.92 Å². The van der Waals surface area contributed by atoms with Gasteiger partial charge in [0.25, 0.3) is 0 Å². The fourth-order valence-electron chi connectivity index (χ4n) is 2.30. The third-order valence-corrected chi connectivity index (χ3v) is 4.38. The highest BCUT2D eigenvalue weighted by Crippen LogP contribution is 2.33. The monoisotopic (exact) mass is 304 g/mol. The average molecular weight is 304 g/mol. The molecule has 114 valence electrons. The van der Waals surface area contributed by atoms with E-state index in [9.17, 15) is 0 Å². The first kappa shape index (κ1) is 16.1. The molecule has 0 radical (unpaired) electrons. The van der Waals surface area contributed by atoms with Gasteiger partial charge in [0.1, 0.15) is 0 Å². The molecule has 0 aliphatic carbocycles. The molecule has 0 spiro atoms. The standard InChI is InChI=1S/C16H24N4S/c1-10(2)11-6-8-12(9-7-11)13(18-17)14-15(16(3,4)5)19-20-21-14/h6-10,13,18H,17H2,1-5H3. The van der Waals surface area contributed by atoms with Crippen LogP contribution in [0.25, 0.3) is 0 Å². The molecule has 0 amide bonds. The molecule has 21 heavy (non-hydrogen) atoms. The van der Waals surface area contributed by atoms with Gasteiger partial charge in [0.2, 0.25) is 0 Å². The summed E-state index contributed by atoms with van der Waals surface area (Å²) in [6.45, 7) is 10.8. The lowest BCUT2D eigenvalue weighted by atomic mass is 9.88. The zero-order valence-electron chi connectivity index (χ0n) is 13.3. The molecule has 3 N–H and O–H groups in total. The molecule has 2 rings (SSSR count). The molecular weight excluding hydrogens is 280 g/mol. The molecule has 5 heteroatoms. The van der Waals surface area contributed by atoms with Crippen molar-refractivity contribution in [2.75, 3.05) is 0 Å². The van der Waals surface area contributed by atoms with E-state index in [1.54, 1.807) is 0 Å². The maximum Gasteiger partial charge on any atom is 0.0861 e. The lowest BCUT2D eigenvalue weighted by Crippen LogP contribution is -2.30. The summed E-state index contributed by atoms with van der Waals surface area (Å²) in [7, 11) is 0. The van der Waals surface area contributed by atoms with E-state index in [0.717, 1.165) is 16.1 Å². The first-order valence-corrected chi connectivity index (χ1v) is 8.00. The van der Waals surface area contributed by atoms with Crippen LogP contribution in [0.3, 0.4) is 0 Å². The molecule has 0 bridgehead atoms. The fourth-order valence-corrected chi connectivity index (χ4v) is 3.26. The van der Waals surface area contributed by atoms with Gasteiger partial charge in [-0.25, -0.2) is 5.43 Å². The lowest BCUT2D eigenvalue weighted by molar-refractivity contribution is 0.543. The Morgan fingerprint density at radius 1 is 1.10 bits per heavy atom. The van der Waals surface area contributed by atoms with E-state index < -0.39 is 0 Å². The van der Waals surface area contributed by atoms with E-state index in [1.165, 1.54) is 17.1 Å². The number of hydrazine groups is 1. The van der Waals surface area contributed by atoms with Crippen LogP contribution in [0.1, 0.15) is 68.3 Å². The highest BCUT2D eigenvalue weighted by Gasteiger charge is 2.27. The maximum absolute atomic E-state index is 5.81. The van der Waals surface area contributed by atoms with Crippen LogP contribution in [-0.4, -0.2) is 9.59 Å². The second kappa shape index (κ2) is 6.22. The average Bonchev–Trinajstić information content (AvgIpc) is 2.89. The van der Waals surface area contributed by atoms with E-state index in [-0.39, 0.29) is 11.5 Å². The summed E-state index contributed by atoms with van der Waals surface area (Å²) >= 11 is 1.41. The number of hydrogen-bond donors (Lipinski definition) is 2. The summed E-state index contributed by atoms with van der Waals surface area (Å²) in [6, 6.07) is 8.52. The predicted octanol–water partition coefficient (Wildman–Crippen LogP) is 3.51. The van der Waals surface area contributed by atoms with Crippen molar-refractivity contribution in [3.63, 3.8) is 0 Å². The molecule has 0 saturated heterocycles. The Hall–Kier alpha value is -1.30. The van der Waals surface area contributed by atoms with Gasteiger partial charge in [-0.2, -0.15) is 0 Å². The Bertz CT molecular complexity index is 581. The molecule has 0 fully saturated rings. The summed E-state index contributed by atoms with van der Waals surface area (Å²) in [4.78, 5) is 1.09. The van der Waals surface area contributed by atoms with Gasteiger partial charge in [-0.05, 0) is 28.6 Å². The SMILES string of the molecule is CC(C)c1ccc(C(NN)c2snnc2C(C)(C)C)cc1. The van der Waals surface area contributed by atoms with Crippen LogP contribution in [0.5, 0.6) is 0 Å². The quantitative estimate of drug-likeness (QED) is 0.670. The number of nitrogens with zero attached hydrogens (tertiary/aromatic N) is 2. The number of nitrogens with one attached hydrogen (secondary N) is 1. The Labute approximate surface area is 130 Å². The molecule has 1 aromatic heterocycles. The third kappa shape index (κ3) is 3.48. The van der Waals surface area contributed by atoms with Gasteiger partial charge in [-0.3, -0.25) is 5.84 Å². The lowest BCUT2D eigenvalue weighted by Gasteiger charge is -2.22. The Balaban J connectivity index is 2.38. The number of nitrogens with two attached hydrogens (primary N) is 1. The van der Waals surface area contributed by atoms with E-state index in [4.69, 9.17) is 5.84 Å². The van der Waals surface area contributed by atoms with Crippen molar-refractivity contribution >= 4 is 11.5 Å². The molecular formula is C16H24N4S. The molecule has 1 heterocycles. The number of benzene rings is 1. The number of hydrogen-bond acceptors (Lipinski definition) is 5. The van der Waals surface area contributed by atoms with Crippen LogP contribution in [-0.2, 0) is 5.41 Å². The van der Waals surface area contributed by atoms with Crippen molar-refractivity contribution in [3.8, 4) is 0 Å². The summed E-state index contributed by atoms with van der Waals surface area (Å²) in [5, 5.41) is 4.30. The molecule has 1 atom stereocenters. The van der Waals surface area contributed by atoms with Crippen molar-refractivity contribution < 1.29 is 0 Å². The summed E-state index contributed by atoms with van der Waals surface area (Å²) < 4.78 is 4.12. The molecule has 2 aromatic rings. The normalized spacial score (nSPS) is 13.7. The molecule has 0 saturated carbocycles. The molecule has 0 aliphatic rings. The van der Waals surface area contributed by atoms with E-state index in [1.807, 2.05) is 0 Å². The second-order valence-corrected chi connectivity index (χ2v) is 7.44. The number of rotatable bonds is 4. The van der Waals surface area contributed by atoms with Crippen LogP contribution < -0.4 is 11.3 Å². The number of aromatic nitrogens is 2. The smallest absolute Gasteiger partial charge is 0.0861 e. The highest BCUT2D eigenvalue weighted by atomic mass is 32.1. The van der Waals surface area contributed by atoms with Crippen molar-refractivity contribution in [2.24, 2.45) is 5.84 Å². The van der Waals surface area contributed by atoms with Crippen LogP contribution >= 0.6 is 11.5 Å². The summed E-state index contributed by atoms with van der Waals surface area (Å²) in [5.74, 6) is 6.33. The van der Waals surface area contributed by atoms with Crippen molar-refractivity contribution in [3.05, 3.63) is 46.0 Å². The maximum atomic E-state index is 5.81. The van der Waals surface area contributed by atoms with Gasteiger partial charge in [-0.15, -0.1) is 5.10 Å². The Morgan fingerprint density at radius 2 is 1.67 bits per heavy atom. The van der Waals surface area contributed by atoms with Gasteiger partial charge >= 0.3 is 0 Å². The minimum Gasteiger partial charge on any atom is -0.271 e. The van der Waals surface area contributed by atoms with Crippen LogP contribution in [0.4, 0.5) is 0 Å². The fraction of sp³-hybridized carbons (Fsp3) is 0.500. The molecule has 0 aliphatic heterocycles. The van der Waals surface area contributed by atoms with Crippen molar-refractivity contribution in [1.29, 1.82) is 0 Å². The molecule has 1 aromatic carbocycles.